The highest BCUT2D eigenvalue weighted by Crippen LogP contribution is 2.25. The van der Waals surface area contributed by atoms with E-state index in [1.54, 1.807) is 0 Å². The summed E-state index contributed by atoms with van der Waals surface area (Å²) < 4.78 is 0. The predicted octanol–water partition coefficient (Wildman–Crippen LogP) is 0.973. The zero-order valence-electron chi connectivity index (χ0n) is 10.5. The lowest BCUT2D eigenvalue weighted by atomic mass is 9.91. The maximum Gasteiger partial charge on any atom is 0.223 e. The number of aliphatic hydroxyl groups excluding tert-OH is 1. The van der Waals surface area contributed by atoms with E-state index >= 15 is 0 Å². The van der Waals surface area contributed by atoms with E-state index in [2.05, 4.69) is 0 Å². The number of likely N-dealkylation sites (tertiary alicyclic amines) is 1. The Hall–Kier alpha value is -0.900. The molecule has 1 unspecified atom stereocenters. The molecule has 1 fully saturated rings. The van der Waals surface area contributed by atoms with Crippen molar-refractivity contribution in [3.63, 3.8) is 0 Å². The molecule has 4 nitrogen and oxygen atoms in total. The van der Waals surface area contributed by atoms with Gasteiger partial charge in [0, 0.05) is 19.4 Å². The fraction of sp³-hybridized carbons (Fsp3) is 0.833. The zero-order chi connectivity index (χ0) is 12.5. The van der Waals surface area contributed by atoms with Gasteiger partial charge >= 0.3 is 0 Å². The fourth-order valence-electron chi connectivity index (χ4n) is 2.03. The molecule has 4 heteroatoms. The van der Waals surface area contributed by atoms with Crippen molar-refractivity contribution in [1.82, 2.24) is 4.90 Å². The van der Waals surface area contributed by atoms with Crippen LogP contribution in [-0.2, 0) is 9.59 Å². The number of β-amino-alcohol motifs (C(OH)–C–C–N with tert-alkyl or cyclic N) is 1. The van der Waals surface area contributed by atoms with Crippen LogP contribution in [0.15, 0.2) is 0 Å². The fourth-order valence-corrected chi connectivity index (χ4v) is 2.03. The molecule has 92 valence electrons. The number of aliphatic hydroxyl groups is 1. The normalized spacial score (nSPS) is 25.9. The number of ketones is 1. The molecule has 1 aliphatic rings. The van der Waals surface area contributed by atoms with Crippen LogP contribution in [0.1, 0.15) is 40.5 Å². The third-order valence-corrected chi connectivity index (χ3v) is 2.75. The number of hydrogen-bond donors (Lipinski definition) is 1. The van der Waals surface area contributed by atoms with Crippen LogP contribution in [-0.4, -0.2) is 40.4 Å². The molecule has 0 spiro atoms. The van der Waals surface area contributed by atoms with Crippen LogP contribution in [0.3, 0.4) is 0 Å². The van der Waals surface area contributed by atoms with E-state index in [1.165, 1.54) is 11.8 Å². The van der Waals surface area contributed by atoms with Crippen molar-refractivity contribution in [3.8, 4) is 0 Å². The highest BCUT2D eigenvalue weighted by atomic mass is 16.3. The highest BCUT2D eigenvalue weighted by Gasteiger charge is 2.37. The quantitative estimate of drug-likeness (QED) is 0.765. The van der Waals surface area contributed by atoms with Crippen LogP contribution in [0.2, 0.25) is 0 Å². The number of hydrogen-bond acceptors (Lipinski definition) is 3. The first-order valence-corrected chi connectivity index (χ1v) is 5.69. The Labute approximate surface area is 96.6 Å². The van der Waals surface area contributed by atoms with Crippen molar-refractivity contribution < 1.29 is 14.7 Å². The molecule has 1 rings (SSSR count). The van der Waals surface area contributed by atoms with Crippen LogP contribution in [0.4, 0.5) is 0 Å². The van der Waals surface area contributed by atoms with Crippen LogP contribution in [0.5, 0.6) is 0 Å². The molecular weight excluding hydrogens is 206 g/mol. The molecule has 1 aliphatic heterocycles. The first-order valence-electron chi connectivity index (χ1n) is 5.69. The molecule has 16 heavy (non-hydrogen) atoms. The molecule has 0 radical (unpaired) electrons. The molecule has 0 aromatic rings. The molecule has 1 saturated heterocycles. The largest absolute Gasteiger partial charge is 0.391 e. The smallest absolute Gasteiger partial charge is 0.223 e. The summed E-state index contributed by atoms with van der Waals surface area (Å²) in [6.45, 7) is 7.72. The Morgan fingerprint density at radius 2 is 1.94 bits per heavy atom. The summed E-state index contributed by atoms with van der Waals surface area (Å²) in [7, 11) is 0. The van der Waals surface area contributed by atoms with Crippen LogP contribution < -0.4 is 0 Å². The van der Waals surface area contributed by atoms with E-state index in [0.29, 0.717) is 19.4 Å². The molecule has 0 saturated carbocycles. The number of Topliss-reactive ketones (excluding diaryl/α,β-unsaturated/α-hetero) is 1. The Kier molecular flexibility index (Phi) is 3.73. The van der Waals surface area contributed by atoms with Crippen LogP contribution in [0.25, 0.3) is 0 Å². The van der Waals surface area contributed by atoms with Crippen molar-refractivity contribution in [3.05, 3.63) is 0 Å². The summed E-state index contributed by atoms with van der Waals surface area (Å²) in [5.74, 6) is -0.0805. The minimum absolute atomic E-state index is 0.0377. The number of rotatable bonds is 2. The van der Waals surface area contributed by atoms with Crippen molar-refractivity contribution in [2.75, 3.05) is 6.54 Å². The van der Waals surface area contributed by atoms with Gasteiger partial charge in [0.05, 0.1) is 12.1 Å². The van der Waals surface area contributed by atoms with Gasteiger partial charge in [0.2, 0.25) is 5.91 Å². The second kappa shape index (κ2) is 4.53. The molecule has 0 aromatic carbocycles. The third kappa shape index (κ3) is 3.30. The molecule has 0 aliphatic carbocycles. The Morgan fingerprint density at radius 3 is 2.38 bits per heavy atom. The van der Waals surface area contributed by atoms with E-state index in [9.17, 15) is 14.7 Å². The standard InChI is InChI=1S/C12H21NO3/c1-8(14)10-5-9(15)7-13(10)11(16)6-12(2,3)4/h9-10,15H,5-7H2,1-4H3/t9-,10?/m1/s1. The lowest BCUT2D eigenvalue weighted by molar-refractivity contribution is -0.138. The van der Waals surface area contributed by atoms with Crippen molar-refractivity contribution in [2.45, 2.75) is 52.7 Å². The van der Waals surface area contributed by atoms with Gasteiger partial charge in [0.15, 0.2) is 5.78 Å². The summed E-state index contributed by atoms with van der Waals surface area (Å²) in [5.41, 5.74) is -0.0913. The van der Waals surface area contributed by atoms with Gasteiger partial charge in [-0.3, -0.25) is 9.59 Å². The van der Waals surface area contributed by atoms with Crippen molar-refractivity contribution in [1.29, 1.82) is 0 Å². The molecule has 0 bridgehead atoms. The molecule has 1 heterocycles. The van der Waals surface area contributed by atoms with E-state index in [1.807, 2.05) is 20.8 Å². The lowest BCUT2D eigenvalue weighted by Gasteiger charge is -2.26. The molecule has 1 N–H and O–H groups in total. The zero-order valence-corrected chi connectivity index (χ0v) is 10.5. The summed E-state index contributed by atoms with van der Waals surface area (Å²) in [5, 5.41) is 9.52. The summed E-state index contributed by atoms with van der Waals surface area (Å²) in [4.78, 5) is 24.9. The van der Waals surface area contributed by atoms with E-state index in [-0.39, 0.29) is 17.1 Å². The Morgan fingerprint density at radius 1 is 1.38 bits per heavy atom. The van der Waals surface area contributed by atoms with E-state index < -0.39 is 12.1 Å². The van der Waals surface area contributed by atoms with Gasteiger partial charge in [-0.15, -0.1) is 0 Å². The summed E-state index contributed by atoms with van der Waals surface area (Å²) >= 11 is 0. The van der Waals surface area contributed by atoms with Crippen LogP contribution >= 0.6 is 0 Å². The average Bonchev–Trinajstić information content (AvgIpc) is 2.44. The molecule has 0 aromatic heterocycles. The summed E-state index contributed by atoms with van der Waals surface area (Å²) in [6, 6.07) is -0.426. The number of carbonyl (C=O) groups is 2. The highest BCUT2D eigenvalue weighted by molar-refractivity contribution is 5.88. The number of amides is 1. The molecular formula is C12H21NO3. The SMILES string of the molecule is CC(=O)C1C[C@@H](O)CN1C(=O)CC(C)(C)C. The van der Waals surface area contributed by atoms with Gasteiger partial charge in [-0.1, -0.05) is 20.8 Å². The van der Waals surface area contributed by atoms with E-state index in [0.717, 1.165) is 0 Å². The minimum atomic E-state index is -0.558. The van der Waals surface area contributed by atoms with Gasteiger partial charge in [0.1, 0.15) is 0 Å². The summed E-state index contributed by atoms with van der Waals surface area (Å²) in [6.07, 6.45) is 0.229. The first kappa shape index (κ1) is 13.2. The maximum absolute atomic E-state index is 12.0. The Bertz CT molecular complexity index is 293. The van der Waals surface area contributed by atoms with E-state index in [4.69, 9.17) is 0 Å². The average molecular weight is 227 g/mol. The predicted molar refractivity (Wildman–Crippen MR) is 60.9 cm³/mol. The van der Waals surface area contributed by atoms with Crippen molar-refractivity contribution in [2.24, 2.45) is 5.41 Å². The topological polar surface area (TPSA) is 57.6 Å². The van der Waals surface area contributed by atoms with Crippen LogP contribution in [0, 0.1) is 5.41 Å². The molecule has 1 amide bonds. The van der Waals surface area contributed by atoms with Crippen molar-refractivity contribution >= 4 is 11.7 Å². The lowest BCUT2D eigenvalue weighted by Crippen LogP contribution is -2.41. The first-order chi connectivity index (χ1) is 7.20. The molecule has 2 atom stereocenters. The second-order valence-corrected chi connectivity index (χ2v) is 5.80. The van der Waals surface area contributed by atoms with Gasteiger partial charge in [-0.05, 0) is 12.3 Å². The minimum Gasteiger partial charge on any atom is -0.391 e. The van der Waals surface area contributed by atoms with Gasteiger partial charge in [-0.25, -0.2) is 0 Å². The number of nitrogens with zero attached hydrogens (tertiary/aromatic N) is 1. The second-order valence-electron chi connectivity index (χ2n) is 5.80. The van der Waals surface area contributed by atoms with Gasteiger partial charge in [-0.2, -0.15) is 0 Å². The van der Waals surface area contributed by atoms with Gasteiger partial charge in [0.25, 0.3) is 0 Å². The Balaban J connectivity index is 2.71. The maximum atomic E-state index is 12.0. The number of carbonyl (C=O) groups excluding carboxylic acids is 2. The monoisotopic (exact) mass is 227 g/mol. The van der Waals surface area contributed by atoms with Gasteiger partial charge < -0.3 is 10.0 Å². The third-order valence-electron chi connectivity index (χ3n) is 2.75.